The highest BCUT2D eigenvalue weighted by molar-refractivity contribution is 9.10. The Kier molecular flexibility index (Phi) is 4.15. The third-order valence-corrected chi connectivity index (χ3v) is 4.51. The Morgan fingerprint density at radius 1 is 1.14 bits per heavy atom. The second-order valence-electron chi connectivity index (χ2n) is 5.41. The predicted octanol–water partition coefficient (Wildman–Crippen LogP) is 4.95. The Bertz CT molecular complexity index is 623. The van der Waals surface area contributed by atoms with E-state index in [2.05, 4.69) is 33.4 Å². The first kappa shape index (κ1) is 14.4. The van der Waals surface area contributed by atoms with Gasteiger partial charge in [-0.3, -0.25) is 0 Å². The van der Waals surface area contributed by atoms with E-state index in [0.717, 1.165) is 23.1 Å². The maximum atomic E-state index is 13.7. The molecular formula is C17H17BrFNO. The van der Waals surface area contributed by atoms with E-state index in [-0.39, 0.29) is 5.82 Å². The molecule has 1 fully saturated rings. The summed E-state index contributed by atoms with van der Waals surface area (Å²) in [6.45, 7) is 0. The number of ether oxygens (including phenoxy) is 1. The lowest BCUT2D eigenvalue weighted by atomic mass is 9.76. The van der Waals surface area contributed by atoms with Gasteiger partial charge in [0.1, 0.15) is 11.6 Å². The molecule has 0 radical (unpaired) electrons. The summed E-state index contributed by atoms with van der Waals surface area (Å²) in [4.78, 5) is 0. The van der Waals surface area contributed by atoms with Crippen molar-refractivity contribution in [3.63, 3.8) is 0 Å². The van der Waals surface area contributed by atoms with Crippen LogP contribution in [0.2, 0.25) is 0 Å². The van der Waals surface area contributed by atoms with E-state index < -0.39 is 0 Å². The lowest BCUT2D eigenvalue weighted by Crippen LogP contribution is -2.34. The van der Waals surface area contributed by atoms with Crippen molar-refractivity contribution in [2.75, 3.05) is 12.4 Å². The van der Waals surface area contributed by atoms with Crippen LogP contribution in [0.5, 0.6) is 5.75 Å². The molecule has 0 aliphatic heterocycles. The Morgan fingerprint density at radius 3 is 2.52 bits per heavy atom. The molecule has 2 nitrogen and oxygen atoms in total. The SMILES string of the molecule is COc1ccc(C2CC(Nc3cc(Br)ccc3F)C2)cc1. The number of hydrogen-bond donors (Lipinski definition) is 1. The van der Waals surface area contributed by atoms with Gasteiger partial charge in [-0.25, -0.2) is 4.39 Å². The van der Waals surface area contributed by atoms with Crippen LogP contribution in [0, 0.1) is 5.82 Å². The van der Waals surface area contributed by atoms with Gasteiger partial charge in [0.2, 0.25) is 0 Å². The fourth-order valence-electron chi connectivity index (χ4n) is 2.71. The molecule has 1 aliphatic carbocycles. The van der Waals surface area contributed by atoms with E-state index in [1.54, 1.807) is 19.2 Å². The average molecular weight is 350 g/mol. The molecule has 0 spiro atoms. The van der Waals surface area contributed by atoms with E-state index in [4.69, 9.17) is 4.74 Å². The van der Waals surface area contributed by atoms with Gasteiger partial charge in [-0.15, -0.1) is 0 Å². The average Bonchev–Trinajstić information content (AvgIpc) is 2.46. The summed E-state index contributed by atoms with van der Waals surface area (Å²) in [7, 11) is 1.67. The first-order valence-electron chi connectivity index (χ1n) is 7.01. The minimum absolute atomic E-state index is 0.203. The van der Waals surface area contributed by atoms with E-state index >= 15 is 0 Å². The molecule has 2 aromatic carbocycles. The van der Waals surface area contributed by atoms with Gasteiger partial charge in [-0.2, -0.15) is 0 Å². The van der Waals surface area contributed by atoms with Crippen LogP contribution in [-0.4, -0.2) is 13.2 Å². The van der Waals surface area contributed by atoms with Crippen LogP contribution in [0.4, 0.5) is 10.1 Å². The standard InChI is InChI=1S/C17H17BrFNO/c1-21-15-5-2-11(3-6-15)12-8-14(9-12)20-17-10-13(18)4-7-16(17)19/h2-7,10,12,14,20H,8-9H2,1H3. The summed E-state index contributed by atoms with van der Waals surface area (Å²) in [6.07, 6.45) is 2.05. The zero-order valence-corrected chi connectivity index (χ0v) is 13.4. The highest BCUT2D eigenvalue weighted by Crippen LogP contribution is 2.39. The molecule has 0 bridgehead atoms. The second-order valence-corrected chi connectivity index (χ2v) is 6.32. The Morgan fingerprint density at radius 2 is 1.86 bits per heavy atom. The molecule has 110 valence electrons. The lowest BCUT2D eigenvalue weighted by Gasteiger charge is -2.37. The highest BCUT2D eigenvalue weighted by atomic mass is 79.9. The summed E-state index contributed by atoms with van der Waals surface area (Å²) < 4.78 is 19.7. The molecule has 4 heteroatoms. The van der Waals surface area contributed by atoms with E-state index in [9.17, 15) is 4.39 Å². The van der Waals surface area contributed by atoms with Crippen LogP contribution in [0.1, 0.15) is 24.3 Å². The smallest absolute Gasteiger partial charge is 0.146 e. The number of hydrogen-bond acceptors (Lipinski definition) is 2. The molecule has 21 heavy (non-hydrogen) atoms. The van der Waals surface area contributed by atoms with Crippen LogP contribution in [0.25, 0.3) is 0 Å². The van der Waals surface area contributed by atoms with Gasteiger partial charge in [0.05, 0.1) is 12.8 Å². The predicted molar refractivity (Wildman–Crippen MR) is 86.5 cm³/mol. The summed E-state index contributed by atoms with van der Waals surface area (Å²) in [5.41, 5.74) is 1.89. The number of rotatable bonds is 4. The summed E-state index contributed by atoms with van der Waals surface area (Å²) in [6, 6.07) is 13.5. The molecular weight excluding hydrogens is 333 g/mol. The van der Waals surface area contributed by atoms with Gasteiger partial charge in [0.25, 0.3) is 0 Å². The third kappa shape index (κ3) is 3.21. The molecule has 0 heterocycles. The maximum absolute atomic E-state index is 13.7. The molecule has 2 aromatic rings. The number of anilines is 1. The second kappa shape index (κ2) is 6.06. The lowest BCUT2D eigenvalue weighted by molar-refractivity contribution is 0.371. The van der Waals surface area contributed by atoms with E-state index in [1.807, 2.05) is 12.1 Å². The normalized spacial score (nSPS) is 20.7. The van der Waals surface area contributed by atoms with Crippen molar-refractivity contribution in [3.05, 3.63) is 58.3 Å². The van der Waals surface area contributed by atoms with Crippen LogP contribution >= 0.6 is 15.9 Å². The largest absolute Gasteiger partial charge is 0.497 e. The molecule has 1 saturated carbocycles. The van der Waals surface area contributed by atoms with Crippen LogP contribution in [0.3, 0.4) is 0 Å². The molecule has 0 atom stereocenters. The van der Waals surface area contributed by atoms with Crippen LogP contribution < -0.4 is 10.1 Å². The topological polar surface area (TPSA) is 21.3 Å². The number of methoxy groups -OCH3 is 1. The van der Waals surface area contributed by atoms with Crippen molar-refractivity contribution >= 4 is 21.6 Å². The number of halogens is 2. The van der Waals surface area contributed by atoms with Gasteiger partial charge < -0.3 is 10.1 Å². The van der Waals surface area contributed by atoms with Crippen molar-refractivity contribution in [1.29, 1.82) is 0 Å². The minimum Gasteiger partial charge on any atom is -0.497 e. The first-order chi connectivity index (χ1) is 10.2. The summed E-state index contributed by atoms with van der Waals surface area (Å²) in [5, 5.41) is 3.28. The molecule has 0 unspecified atom stereocenters. The van der Waals surface area contributed by atoms with Crippen molar-refractivity contribution < 1.29 is 9.13 Å². The van der Waals surface area contributed by atoms with Crippen LogP contribution in [0.15, 0.2) is 46.9 Å². The molecule has 3 rings (SSSR count). The fourth-order valence-corrected chi connectivity index (χ4v) is 3.07. The van der Waals surface area contributed by atoms with Gasteiger partial charge in [-0.1, -0.05) is 28.1 Å². The minimum atomic E-state index is -0.203. The maximum Gasteiger partial charge on any atom is 0.146 e. The molecule has 1 N–H and O–H groups in total. The van der Waals surface area contributed by atoms with E-state index in [0.29, 0.717) is 17.6 Å². The van der Waals surface area contributed by atoms with Gasteiger partial charge in [0, 0.05) is 10.5 Å². The van der Waals surface area contributed by atoms with Gasteiger partial charge in [-0.05, 0) is 54.7 Å². The molecule has 0 aromatic heterocycles. The van der Waals surface area contributed by atoms with Crippen molar-refractivity contribution in [3.8, 4) is 5.75 Å². The van der Waals surface area contributed by atoms with Gasteiger partial charge >= 0.3 is 0 Å². The van der Waals surface area contributed by atoms with Crippen LogP contribution in [-0.2, 0) is 0 Å². The first-order valence-corrected chi connectivity index (χ1v) is 7.80. The van der Waals surface area contributed by atoms with E-state index in [1.165, 1.54) is 11.6 Å². The number of benzene rings is 2. The third-order valence-electron chi connectivity index (χ3n) is 4.01. The Hall–Kier alpha value is -1.55. The quantitative estimate of drug-likeness (QED) is 0.842. The van der Waals surface area contributed by atoms with Crippen molar-refractivity contribution in [1.82, 2.24) is 0 Å². The number of nitrogens with one attached hydrogen (secondary N) is 1. The molecule has 0 saturated heterocycles. The Labute approximate surface area is 132 Å². The summed E-state index contributed by atoms with van der Waals surface area (Å²) >= 11 is 3.37. The van der Waals surface area contributed by atoms with Gasteiger partial charge in [0.15, 0.2) is 0 Å². The molecule has 0 amide bonds. The highest BCUT2D eigenvalue weighted by Gasteiger charge is 2.30. The fraction of sp³-hybridized carbons (Fsp3) is 0.294. The summed E-state index contributed by atoms with van der Waals surface area (Å²) in [5.74, 6) is 1.22. The monoisotopic (exact) mass is 349 g/mol. The van der Waals surface area contributed by atoms with Crippen molar-refractivity contribution in [2.24, 2.45) is 0 Å². The Balaban J connectivity index is 1.59. The zero-order valence-electron chi connectivity index (χ0n) is 11.8. The molecule has 1 aliphatic rings. The van der Waals surface area contributed by atoms with Crippen molar-refractivity contribution in [2.45, 2.75) is 24.8 Å². The zero-order chi connectivity index (χ0) is 14.8.